The maximum absolute atomic E-state index is 5.22. The number of benzene rings is 2. The summed E-state index contributed by atoms with van der Waals surface area (Å²) in [6, 6.07) is 27.7. The van der Waals surface area contributed by atoms with E-state index in [-0.39, 0.29) is 22.4 Å². The van der Waals surface area contributed by atoms with Crippen LogP contribution in [0.2, 0.25) is 0 Å². The first-order valence-electron chi connectivity index (χ1n) is 10.6. The lowest BCUT2D eigenvalue weighted by molar-refractivity contribution is -0.636. The zero-order chi connectivity index (χ0) is 21.6. The Hall–Kier alpha value is -2.50. The normalized spacial score (nSPS) is 11.6. The molecule has 0 amide bonds. The molecule has 0 radical (unpaired) electrons. The van der Waals surface area contributed by atoms with Gasteiger partial charge in [-0.3, -0.25) is 0 Å². The highest BCUT2D eigenvalue weighted by molar-refractivity contribution is 9.10. The largest absolute Gasteiger partial charge is 1.00 e. The molecular formula is C27H25Br2N3. The van der Waals surface area contributed by atoms with Crippen LogP contribution in [-0.4, -0.2) is 9.38 Å². The number of imidazole rings is 1. The van der Waals surface area contributed by atoms with Crippen molar-refractivity contribution in [1.82, 2.24) is 9.38 Å². The SMILES string of the molecule is CC(C)(C)c1cc2c(c(-c3ccccc3)n1)[n+](Cc1ccccc1)c1ccc(Br)cn21.[Br-]. The van der Waals surface area contributed by atoms with Gasteiger partial charge >= 0.3 is 0 Å². The summed E-state index contributed by atoms with van der Waals surface area (Å²) in [6.07, 6.45) is 2.15. The van der Waals surface area contributed by atoms with Crippen molar-refractivity contribution in [2.45, 2.75) is 32.7 Å². The Morgan fingerprint density at radius 2 is 1.56 bits per heavy atom. The molecule has 5 aromatic rings. The van der Waals surface area contributed by atoms with Gasteiger partial charge in [-0.15, -0.1) is 0 Å². The van der Waals surface area contributed by atoms with E-state index in [0.29, 0.717) is 0 Å². The predicted molar refractivity (Wildman–Crippen MR) is 130 cm³/mol. The molecule has 3 aromatic heterocycles. The van der Waals surface area contributed by atoms with Crippen molar-refractivity contribution in [3.63, 3.8) is 0 Å². The van der Waals surface area contributed by atoms with Crippen LogP contribution >= 0.6 is 15.9 Å². The number of halogens is 2. The third-order valence-electron chi connectivity index (χ3n) is 5.67. The molecule has 5 heteroatoms. The molecule has 3 heterocycles. The average Bonchev–Trinajstić information content (AvgIpc) is 3.07. The van der Waals surface area contributed by atoms with Gasteiger partial charge in [-0.1, -0.05) is 81.4 Å². The van der Waals surface area contributed by atoms with Crippen molar-refractivity contribution in [1.29, 1.82) is 0 Å². The first-order chi connectivity index (χ1) is 14.9. The van der Waals surface area contributed by atoms with Gasteiger partial charge in [-0.05, 0) is 27.6 Å². The summed E-state index contributed by atoms with van der Waals surface area (Å²) in [7, 11) is 0. The molecule has 0 aliphatic carbocycles. The topological polar surface area (TPSA) is 21.2 Å². The van der Waals surface area contributed by atoms with E-state index >= 15 is 0 Å². The van der Waals surface area contributed by atoms with Gasteiger partial charge in [0.2, 0.25) is 5.52 Å². The number of fused-ring (bicyclic) bond motifs is 3. The Kier molecular flexibility index (Phi) is 6.24. The molecule has 0 unspecified atom stereocenters. The van der Waals surface area contributed by atoms with E-state index in [4.69, 9.17) is 4.98 Å². The maximum Gasteiger partial charge on any atom is 0.287 e. The van der Waals surface area contributed by atoms with Gasteiger partial charge in [0.15, 0.2) is 5.52 Å². The van der Waals surface area contributed by atoms with Crippen LogP contribution in [0.3, 0.4) is 0 Å². The van der Waals surface area contributed by atoms with Crippen molar-refractivity contribution in [3.8, 4) is 11.3 Å². The molecule has 0 aliphatic rings. The van der Waals surface area contributed by atoms with Crippen LogP contribution in [0.25, 0.3) is 27.9 Å². The summed E-state index contributed by atoms with van der Waals surface area (Å²) in [6.45, 7) is 7.45. The van der Waals surface area contributed by atoms with Crippen molar-refractivity contribution >= 4 is 32.6 Å². The summed E-state index contributed by atoms with van der Waals surface area (Å²) in [5.74, 6) is 0. The molecule has 5 rings (SSSR count). The van der Waals surface area contributed by atoms with Crippen LogP contribution < -0.4 is 21.5 Å². The predicted octanol–water partition coefficient (Wildman–Crippen LogP) is 3.55. The minimum absolute atomic E-state index is 0. The lowest BCUT2D eigenvalue weighted by Gasteiger charge is -2.18. The van der Waals surface area contributed by atoms with Crippen LogP contribution in [0, 0.1) is 0 Å². The fraction of sp³-hybridized carbons (Fsp3) is 0.185. The second-order valence-corrected chi connectivity index (χ2v) is 9.90. The van der Waals surface area contributed by atoms with Gasteiger partial charge in [0, 0.05) is 23.1 Å². The highest BCUT2D eigenvalue weighted by atomic mass is 79.9. The maximum atomic E-state index is 5.22. The van der Waals surface area contributed by atoms with Crippen molar-refractivity contribution in [2.24, 2.45) is 0 Å². The fourth-order valence-electron chi connectivity index (χ4n) is 4.08. The van der Waals surface area contributed by atoms with Crippen molar-refractivity contribution in [3.05, 3.63) is 101 Å². The fourth-order valence-corrected chi connectivity index (χ4v) is 4.41. The lowest BCUT2D eigenvalue weighted by Crippen LogP contribution is -3.00. The number of pyridine rings is 2. The molecule has 0 bridgehead atoms. The molecule has 3 nitrogen and oxygen atoms in total. The molecule has 0 atom stereocenters. The van der Waals surface area contributed by atoms with Crippen LogP contribution in [0.5, 0.6) is 0 Å². The number of nitrogens with zero attached hydrogens (tertiary/aromatic N) is 3. The molecule has 0 spiro atoms. The molecule has 0 fully saturated rings. The number of aromatic nitrogens is 3. The van der Waals surface area contributed by atoms with Crippen molar-refractivity contribution < 1.29 is 21.5 Å². The average molecular weight is 551 g/mol. The van der Waals surface area contributed by atoms with Crippen molar-refractivity contribution in [2.75, 3.05) is 0 Å². The van der Waals surface area contributed by atoms with Crippen LogP contribution in [0.4, 0.5) is 0 Å². The standard InChI is InChI=1S/C27H25BrN3.BrH/c1-27(2,3)23-16-22-26(25(29-23)20-12-8-5-9-13-20)31(17-19-10-6-4-7-11-19)24-15-14-21(28)18-30(22)24;/h4-16,18H,17H2,1-3H3;1H/q+1;/p-1. The third-order valence-corrected chi connectivity index (χ3v) is 6.14. The number of hydrogen-bond donors (Lipinski definition) is 0. The lowest BCUT2D eigenvalue weighted by atomic mass is 9.91. The second-order valence-electron chi connectivity index (χ2n) is 8.99. The molecule has 0 saturated carbocycles. The number of hydrogen-bond acceptors (Lipinski definition) is 1. The van der Waals surface area contributed by atoms with E-state index in [2.05, 4.69) is 131 Å². The van der Waals surface area contributed by atoms with E-state index in [9.17, 15) is 0 Å². The first kappa shape index (κ1) is 22.7. The zero-order valence-electron chi connectivity index (χ0n) is 18.4. The summed E-state index contributed by atoms with van der Waals surface area (Å²) in [5.41, 5.74) is 7.93. The van der Waals surface area contributed by atoms with E-state index < -0.39 is 0 Å². The Morgan fingerprint density at radius 1 is 0.906 bits per heavy atom. The van der Waals surface area contributed by atoms with E-state index in [1.54, 1.807) is 0 Å². The van der Waals surface area contributed by atoms with Gasteiger partial charge in [0.1, 0.15) is 18.4 Å². The zero-order valence-corrected chi connectivity index (χ0v) is 21.6. The minimum Gasteiger partial charge on any atom is -1.00 e. The molecule has 2 aromatic carbocycles. The monoisotopic (exact) mass is 549 g/mol. The van der Waals surface area contributed by atoms with Crippen LogP contribution in [-0.2, 0) is 12.0 Å². The first-order valence-corrected chi connectivity index (χ1v) is 11.3. The van der Waals surface area contributed by atoms with Gasteiger partial charge in [0.05, 0.1) is 10.2 Å². The summed E-state index contributed by atoms with van der Waals surface area (Å²) in [5, 5.41) is 0. The van der Waals surface area contributed by atoms with E-state index in [1.165, 1.54) is 11.1 Å². The molecule has 0 saturated heterocycles. The summed E-state index contributed by atoms with van der Waals surface area (Å²) < 4.78 is 5.73. The molecule has 0 N–H and O–H groups in total. The summed E-state index contributed by atoms with van der Waals surface area (Å²) in [4.78, 5) is 5.22. The molecule has 0 aliphatic heterocycles. The van der Waals surface area contributed by atoms with Crippen LogP contribution in [0.15, 0.2) is 89.5 Å². The highest BCUT2D eigenvalue weighted by Crippen LogP contribution is 2.32. The Bertz CT molecular complexity index is 1390. The summed E-state index contributed by atoms with van der Waals surface area (Å²) >= 11 is 3.67. The van der Waals surface area contributed by atoms with Gasteiger partial charge in [-0.2, -0.15) is 4.40 Å². The third kappa shape index (κ3) is 4.12. The minimum atomic E-state index is -0.0574. The van der Waals surface area contributed by atoms with Gasteiger partial charge in [-0.25, -0.2) is 9.55 Å². The molecular weight excluding hydrogens is 526 g/mol. The molecule has 162 valence electrons. The Balaban J connectivity index is 0.00000245. The van der Waals surface area contributed by atoms with Gasteiger partial charge < -0.3 is 17.0 Å². The van der Waals surface area contributed by atoms with Gasteiger partial charge in [0.25, 0.3) is 5.65 Å². The van der Waals surface area contributed by atoms with Crippen LogP contribution in [0.1, 0.15) is 32.0 Å². The smallest absolute Gasteiger partial charge is 0.287 e. The molecule has 32 heavy (non-hydrogen) atoms. The quantitative estimate of drug-likeness (QED) is 0.315. The van der Waals surface area contributed by atoms with E-state index in [1.807, 2.05) is 0 Å². The Morgan fingerprint density at radius 3 is 2.22 bits per heavy atom. The van der Waals surface area contributed by atoms with E-state index in [0.717, 1.165) is 39.1 Å². The second kappa shape index (κ2) is 8.80. The highest BCUT2D eigenvalue weighted by Gasteiger charge is 2.28. The number of rotatable bonds is 3. The Labute approximate surface area is 207 Å².